The Bertz CT molecular complexity index is 999. The Hall–Kier alpha value is -2.90. The Morgan fingerprint density at radius 3 is 3.00 bits per heavy atom. The minimum absolute atomic E-state index is 0.0449. The third kappa shape index (κ3) is 2.73. The van der Waals surface area contributed by atoms with Crippen LogP contribution in [0.4, 0.5) is 0 Å². The number of aryl methyl sites for hydroxylation is 2. The minimum Gasteiger partial charge on any atom is -0.340 e. The SMILES string of the molecule is Cc1nc([C@@H]2CCCN(C(=O)c3ccc4c(c3)[nH]c(=O)n4C)C2)no1. The first-order valence-electron chi connectivity index (χ1n) is 8.31. The summed E-state index contributed by atoms with van der Waals surface area (Å²) in [6, 6.07) is 5.30. The van der Waals surface area contributed by atoms with Gasteiger partial charge in [-0.15, -0.1) is 0 Å². The number of nitrogens with one attached hydrogen (secondary N) is 1. The van der Waals surface area contributed by atoms with Crippen LogP contribution in [-0.2, 0) is 7.05 Å². The van der Waals surface area contributed by atoms with E-state index in [4.69, 9.17) is 4.52 Å². The number of likely N-dealkylation sites (tertiary alicyclic amines) is 1. The van der Waals surface area contributed by atoms with Crippen LogP contribution >= 0.6 is 0 Å². The summed E-state index contributed by atoms with van der Waals surface area (Å²) in [4.78, 5) is 33.5. The summed E-state index contributed by atoms with van der Waals surface area (Å²) >= 11 is 0. The van der Waals surface area contributed by atoms with Gasteiger partial charge in [0.15, 0.2) is 5.82 Å². The van der Waals surface area contributed by atoms with Gasteiger partial charge in [-0.1, -0.05) is 5.16 Å². The Kier molecular flexibility index (Phi) is 3.67. The number of nitrogens with zero attached hydrogens (tertiary/aromatic N) is 4. The predicted molar refractivity (Wildman–Crippen MR) is 90.5 cm³/mol. The Morgan fingerprint density at radius 2 is 2.24 bits per heavy atom. The predicted octanol–water partition coefficient (Wildman–Crippen LogP) is 1.58. The van der Waals surface area contributed by atoms with Crippen molar-refractivity contribution in [3.8, 4) is 0 Å². The highest BCUT2D eigenvalue weighted by atomic mass is 16.5. The number of amides is 1. The number of H-pyrrole nitrogens is 1. The van der Waals surface area contributed by atoms with E-state index in [1.807, 2.05) is 4.90 Å². The zero-order valence-corrected chi connectivity index (χ0v) is 14.2. The molecule has 4 rings (SSSR count). The fraction of sp³-hybridized carbons (Fsp3) is 0.412. The highest BCUT2D eigenvalue weighted by Gasteiger charge is 2.28. The Morgan fingerprint density at radius 1 is 1.40 bits per heavy atom. The maximum atomic E-state index is 12.9. The first-order valence-corrected chi connectivity index (χ1v) is 8.31. The lowest BCUT2D eigenvalue weighted by atomic mass is 9.96. The maximum Gasteiger partial charge on any atom is 0.326 e. The van der Waals surface area contributed by atoms with Gasteiger partial charge in [-0.05, 0) is 31.0 Å². The molecule has 3 heterocycles. The van der Waals surface area contributed by atoms with Crippen molar-refractivity contribution in [3.05, 3.63) is 46.0 Å². The second-order valence-electron chi connectivity index (χ2n) is 6.48. The molecule has 1 aliphatic heterocycles. The maximum absolute atomic E-state index is 12.9. The van der Waals surface area contributed by atoms with Crippen molar-refractivity contribution >= 4 is 16.9 Å². The molecule has 2 aromatic heterocycles. The second kappa shape index (κ2) is 5.87. The highest BCUT2D eigenvalue weighted by Crippen LogP contribution is 2.26. The van der Waals surface area contributed by atoms with Gasteiger partial charge in [0.25, 0.3) is 5.91 Å². The van der Waals surface area contributed by atoms with Gasteiger partial charge in [-0.2, -0.15) is 4.98 Å². The summed E-state index contributed by atoms with van der Waals surface area (Å²) in [7, 11) is 1.70. The highest BCUT2D eigenvalue weighted by molar-refractivity contribution is 5.97. The molecular weight excluding hydrogens is 322 g/mol. The number of benzene rings is 1. The number of piperidine rings is 1. The third-order valence-corrected chi connectivity index (χ3v) is 4.77. The molecule has 0 bridgehead atoms. The van der Waals surface area contributed by atoms with Gasteiger partial charge in [0.2, 0.25) is 5.89 Å². The van der Waals surface area contributed by atoms with Crippen LogP contribution in [-0.4, -0.2) is 43.6 Å². The van der Waals surface area contributed by atoms with Crippen LogP contribution in [0.15, 0.2) is 27.5 Å². The topological polar surface area (TPSA) is 97.0 Å². The first-order chi connectivity index (χ1) is 12.0. The monoisotopic (exact) mass is 341 g/mol. The number of hydrogen-bond acceptors (Lipinski definition) is 5. The van der Waals surface area contributed by atoms with Crippen LogP contribution in [0, 0.1) is 6.92 Å². The van der Waals surface area contributed by atoms with Crippen LogP contribution in [0.1, 0.15) is 40.8 Å². The van der Waals surface area contributed by atoms with Crippen LogP contribution in [0.2, 0.25) is 0 Å². The molecule has 25 heavy (non-hydrogen) atoms. The molecule has 0 radical (unpaired) electrons. The van der Waals surface area contributed by atoms with E-state index in [0.29, 0.717) is 35.9 Å². The van der Waals surface area contributed by atoms with E-state index in [0.717, 1.165) is 18.4 Å². The molecule has 3 aromatic rings. The van der Waals surface area contributed by atoms with Crippen molar-refractivity contribution in [2.45, 2.75) is 25.7 Å². The van der Waals surface area contributed by atoms with E-state index in [-0.39, 0.29) is 17.5 Å². The molecule has 1 N–H and O–H groups in total. The molecule has 0 aliphatic carbocycles. The zero-order chi connectivity index (χ0) is 17.6. The van der Waals surface area contributed by atoms with Gasteiger partial charge in [0, 0.05) is 38.5 Å². The van der Waals surface area contributed by atoms with Gasteiger partial charge in [-0.25, -0.2) is 4.79 Å². The van der Waals surface area contributed by atoms with Gasteiger partial charge in [0.1, 0.15) is 0 Å². The summed E-state index contributed by atoms with van der Waals surface area (Å²) in [6.45, 7) is 3.04. The van der Waals surface area contributed by atoms with Gasteiger partial charge in [-0.3, -0.25) is 9.36 Å². The largest absolute Gasteiger partial charge is 0.340 e. The van der Waals surface area contributed by atoms with E-state index < -0.39 is 0 Å². The number of carbonyl (C=O) groups is 1. The van der Waals surface area contributed by atoms with Crippen molar-refractivity contribution in [1.82, 2.24) is 24.6 Å². The molecule has 130 valence electrons. The first kappa shape index (κ1) is 15.6. The van der Waals surface area contributed by atoms with Crippen molar-refractivity contribution in [1.29, 1.82) is 0 Å². The van der Waals surface area contributed by atoms with Crippen molar-refractivity contribution < 1.29 is 9.32 Å². The summed E-state index contributed by atoms with van der Waals surface area (Å²) in [5, 5.41) is 3.99. The average molecular weight is 341 g/mol. The summed E-state index contributed by atoms with van der Waals surface area (Å²) in [5.74, 6) is 1.25. The lowest BCUT2D eigenvalue weighted by molar-refractivity contribution is 0.0703. The Labute approximate surface area is 143 Å². The zero-order valence-electron chi connectivity index (χ0n) is 14.2. The molecule has 1 fully saturated rings. The fourth-order valence-corrected chi connectivity index (χ4v) is 3.41. The summed E-state index contributed by atoms with van der Waals surface area (Å²) < 4.78 is 6.59. The van der Waals surface area contributed by atoms with Crippen molar-refractivity contribution in [2.24, 2.45) is 7.05 Å². The molecule has 1 saturated heterocycles. The molecule has 1 aromatic carbocycles. The van der Waals surface area contributed by atoms with Crippen LogP contribution in [0.3, 0.4) is 0 Å². The number of carbonyl (C=O) groups excluding carboxylic acids is 1. The molecule has 8 heteroatoms. The molecular formula is C17H19N5O3. The normalized spacial score (nSPS) is 18.0. The summed E-state index contributed by atoms with van der Waals surface area (Å²) in [6.07, 6.45) is 1.84. The molecule has 1 atom stereocenters. The number of aromatic amines is 1. The minimum atomic E-state index is -0.190. The number of rotatable bonds is 2. The number of hydrogen-bond donors (Lipinski definition) is 1. The van der Waals surface area contributed by atoms with Gasteiger partial charge < -0.3 is 14.4 Å². The molecule has 0 unspecified atom stereocenters. The van der Waals surface area contributed by atoms with Crippen molar-refractivity contribution in [2.75, 3.05) is 13.1 Å². The van der Waals surface area contributed by atoms with Gasteiger partial charge in [0.05, 0.1) is 11.0 Å². The van der Waals surface area contributed by atoms with Crippen molar-refractivity contribution in [3.63, 3.8) is 0 Å². The summed E-state index contributed by atoms with van der Waals surface area (Å²) in [5.41, 5.74) is 1.82. The molecule has 8 nitrogen and oxygen atoms in total. The quantitative estimate of drug-likeness (QED) is 0.763. The van der Waals surface area contributed by atoms with Crippen LogP contribution in [0.25, 0.3) is 11.0 Å². The average Bonchev–Trinajstić information content (AvgIpc) is 3.18. The van der Waals surface area contributed by atoms with E-state index in [1.165, 1.54) is 4.57 Å². The molecule has 0 spiro atoms. The van der Waals surface area contributed by atoms with E-state index in [2.05, 4.69) is 15.1 Å². The second-order valence-corrected chi connectivity index (χ2v) is 6.48. The molecule has 0 saturated carbocycles. The van der Waals surface area contributed by atoms with Gasteiger partial charge >= 0.3 is 5.69 Å². The Balaban J connectivity index is 1.58. The van der Waals surface area contributed by atoms with E-state index in [9.17, 15) is 9.59 Å². The van der Waals surface area contributed by atoms with E-state index >= 15 is 0 Å². The number of aromatic nitrogens is 4. The molecule has 1 aliphatic rings. The van der Waals surface area contributed by atoms with E-state index in [1.54, 1.807) is 32.2 Å². The van der Waals surface area contributed by atoms with Crippen LogP contribution in [0.5, 0.6) is 0 Å². The third-order valence-electron chi connectivity index (χ3n) is 4.77. The molecule has 1 amide bonds. The fourth-order valence-electron chi connectivity index (χ4n) is 3.41. The lowest BCUT2D eigenvalue weighted by Crippen LogP contribution is -2.39. The number of imidazole rings is 1. The number of fused-ring (bicyclic) bond motifs is 1. The van der Waals surface area contributed by atoms with Crippen LogP contribution < -0.4 is 5.69 Å². The lowest BCUT2D eigenvalue weighted by Gasteiger charge is -2.31. The smallest absolute Gasteiger partial charge is 0.326 e. The standard InChI is InChI=1S/C17H19N5O3/c1-10-18-15(20-25-10)12-4-3-7-22(9-12)16(23)11-5-6-14-13(8-11)19-17(24)21(14)2/h5-6,8,12H,3-4,7,9H2,1-2H3,(H,19,24)/t12-/m1/s1.